The van der Waals surface area contributed by atoms with Crippen LogP contribution in [0.5, 0.6) is 5.75 Å². The van der Waals surface area contributed by atoms with E-state index < -0.39 is 0 Å². The summed E-state index contributed by atoms with van der Waals surface area (Å²) in [6.45, 7) is 7.55. The summed E-state index contributed by atoms with van der Waals surface area (Å²) in [5, 5.41) is 10.0. The molecule has 0 radical (unpaired) electrons. The van der Waals surface area contributed by atoms with Crippen molar-refractivity contribution in [2.75, 3.05) is 0 Å². The highest BCUT2D eigenvalue weighted by Crippen LogP contribution is 2.31. The number of phenols is 1. The van der Waals surface area contributed by atoms with Gasteiger partial charge in [0.1, 0.15) is 18.1 Å². The van der Waals surface area contributed by atoms with Crippen LogP contribution in [0.4, 0.5) is 0 Å². The minimum absolute atomic E-state index is 0.0359. The summed E-state index contributed by atoms with van der Waals surface area (Å²) in [6, 6.07) is 4.90. The first-order chi connectivity index (χ1) is 9.83. The van der Waals surface area contributed by atoms with Crippen LogP contribution in [0.2, 0.25) is 0 Å². The van der Waals surface area contributed by atoms with E-state index in [4.69, 9.17) is 4.74 Å². The number of ether oxygens (including phenoxy) is 1. The number of hydrogen-bond donors (Lipinski definition) is 1. The van der Waals surface area contributed by atoms with Gasteiger partial charge in [-0.25, -0.2) is 0 Å². The molecule has 0 saturated heterocycles. The van der Waals surface area contributed by atoms with E-state index in [1.807, 2.05) is 6.92 Å². The zero-order chi connectivity index (χ0) is 16.0. The predicted octanol–water partition coefficient (Wildman–Crippen LogP) is 3.68. The molecule has 0 fully saturated rings. The second-order valence-electron chi connectivity index (χ2n) is 5.93. The third kappa shape index (κ3) is 5.58. The first-order valence-electron chi connectivity index (χ1n) is 7.28. The van der Waals surface area contributed by atoms with Crippen LogP contribution < -0.4 is 0 Å². The van der Waals surface area contributed by atoms with Gasteiger partial charge in [-0.3, -0.25) is 9.59 Å². The lowest BCUT2D eigenvalue weighted by molar-refractivity contribution is -0.147. The van der Waals surface area contributed by atoms with Crippen LogP contribution in [0.3, 0.4) is 0 Å². The van der Waals surface area contributed by atoms with Gasteiger partial charge in [0, 0.05) is 12.5 Å². The summed E-state index contributed by atoms with van der Waals surface area (Å²) >= 11 is 0. The predicted molar refractivity (Wildman–Crippen MR) is 81.5 cm³/mol. The second-order valence-corrected chi connectivity index (χ2v) is 5.93. The summed E-state index contributed by atoms with van der Waals surface area (Å²) in [5.74, 6) is 0.285. The van der Waals surface area contributed by atoms with Crippen LogP contribution in [0.25, 0.3) is 0 Å². The van der Waals surface area contributed by atoms with E-state index in [1.54, 1.807) is 12.1 Å². The summed E-state index contributed by atoms with van der Waals surface area (Å²) in [4.78, 5) is 21.9. The standard InChI is InChI=1S/C17H24O4/c1-11(2)7-15(21-13(4)19)8-12(3)16-6-5-14(10-18)9-17(16)20/h5-6,9-12,15,20H,7-8H2,1-4H3/t12-,15+/m0/s1. The fourth-order valence-corrected chi connectivity index (χ4v) is 2.52. The topological polar surface area (TPSA) is 63.6 Å². The van der Waals surface area contributed by atoms with E-state index in [9.17, 15) is 14.7 Å². The molecule has 4 heteroatoms. The minimum atomic E-state index is -0.284. The van der Waals surface area contributed by atoms with E-state index in [1.165, 1.54) is 13.0 Å². The minimum Gasteiger partial charge on any atom is -0.508 e. The summed E-state index contributed by atoms with van der Waals surface area (Å²) < 4.78 is 5.36. The van der Waals surface area contributed by atoms with Gasteiger partial charge >= 0.3 is 5.97 Å². The average molecular weight is 292 g/mol. The first-order valence-corrected chi connectivity index (χ1v) is 7.28. The van der Waals surface area contributed by atoms with Crippen molar-refractivity contribution in [2.45, 2.75) is 52.6 Å². The van der Waals surface area contributed by atoms with E-state index in [0.29, 0.717) is 24.2 Å². The Morgan fingerprint density at radius 1 is 1.29 bits per heavy atom. The zero-order valence-electron chi connectivity index (χ0n) is 13.1. The average Bonchev–Trinajstić information content (AvgIpc) is 2.36. The Hall–Kier alpha value is -1.84. The number of benzene rings is 1. The molecular formula is C17H24O4. The molecule has 21 heavy (non-hydrogen) atoms. The number of aromatic hydroxyl groups is 1. The first kappa shape index (κ1) is 17.2. The van der Waals surface area contributed by atoms with E-state index in [-0.39, 0.29) is 23.7 Å². The number of hydrogen-bond acceptors (Lipinski definition) is 4. The molecular weight excluding hydrogens is 268 g/mol. The molecule has 1 N–H and O–H groups in total. The van der Waals surface area contributed by atoms with Gasteiger partial charge in [-0.15, -0.1) is 0 Å². The van der Waals surface area contributed by atoms with Crippen molar-refractivity contribution < 1.29 is 19.4 Å². The molecule has 1 rings (SSSR count). The van der Waals surface area contributed by atoms with Gasteiger partial charge in [-0.2, -0.15) is 0 Å². The number of aldehydes is 1. The molecule has 0 aliphatic carbocycles. The van der Waals surface area contributed by atoms with Gasteiger partial charge in [0.05, 0.1) is 0 Å². The number of esters is 1. The van der Waals surface area contributed by atoms with E-state index in [2.05, 4.69) is 13.8 Å². The molecule has 4 nitrogen and oxygen atoms in total. The highest BCUT2D eigenvalue weighted by Gasteiger charge is 2.20. The van der Waals surface area contributed by atoms with Crippen LogP contribution >= 0.6 is 0 Å². The third-order valence-electron chi connectivity index (χ3n) is 3.40. The molecule has 0 spiro atoms. The van der Waals surface area contributed by atoms with Crippen molar-refractivity contribution in [3.8, 4) is 5.75 Å². The Labute approximate surface area is 126 Å². The van der Waals surface area contributed by atoms with E-state index >= 15 is 0 Å². The van der Waals surface area contributed by atoms with Crippen molar-refractivity contribution in [2.24, 2.45) is 5.92 Å². The molecule has 1 aromatic carbocycles. The van der Waals surface area contributed by atoms with Crippen LogP contribution in [0, 0.1) is 5.92 Å². The summed E-state index contributed by atoms with van der Waals surface area (Å²) in [7, 11) is 0. The molecule has 0 unspecified atom stereocenters. The lowest BCUT2D eigenvalue weighted by Crippen LogP contribution is -2.20. The summed E-state index contributed by atoms with van der Waals surface area (Å²) in [6.07, 6.45) is 1.97. The maximum atomic E-state index is 11.2. The molecule has 0 aromatic heterocycles. The Kier molecular flexibility index (Phi) is 6.40. The second kappa shape index (κ2) is 7.81. The van der Waals surface area contributed by atoms with Crippen molar-refractivity contribution >= 4 is 12.3 Å². The van der Waals surface area contributed by atoms with Crippen LogP contribution in [-0.4, -0.2) is 23.5 Å². The maximum absolute atomic E-state index is 11.2. The summed E-state index contributed by atoms with van der Waals surface area (Å²) in [5.41, 5.74) is 1.21. The van der Waals surface area contributed by atoms with Gasteiger partial charge in [0.15, 0.2) is 0 Å². The Balaban J connectivity index is 2.82. The molecule has 2 atom stereocenters. The quantitative estimate of drug-likeness (QED) is 0.615. The molecule has 0 aliphatic rings. The Morgan fingerprint density at radius 3 is 2.43 bits per heavy atom. The third-order valence-corrected chi connectivity index (χ3v) is 3.40. The van der Waals surface area contributed by atoms with Gasteiger partial charge < -0.3 is 9.84 Å². The van der Waals surface area contributed by atoms with Crippen molar-refractivity contribution in [3.05, 3.63) is 29.3 Å². The lowest BCUT2D eigenvalue weighted by atomic mass is 9.90. The van der Waals surface area contributed by atoms with Crippen molar-refractivity contribution in [3.63, 3.8) is 0 Å². The van der Waals surface area contributed by atoms with Gasteiger partial charge in [0.25, 0.3) is 0 Å². The maximum Gasteiger partial charge on any atom is 0.302 e. The highest BCUT2D eigenvalue weighted by molar-refractivity contribution is 5.75. The normalized spacial score (nSPS) is 13.8. The van der Waals surface area contributed by atoms with Crippen molar-refractivity contribution in [1.29, 1.82) is 0 Å². The molecule has 0 aliphatic heterocycles. The van der Waals surface area contributed by atoms with Crippen molar-refractivity contribution in [1.82, 2.24) is 0 Å². The van der Waals surface area contributed by atoms with Gasteiger partial charge in [0.2, 0.25) is 0 Å². The van der Waals surface area contributed by atoms with Gasteiger partial charge in [-0.05, 0) is 36.3 Å². The molecule has 0 amide bonds. The highest BCUT2D eigenvalue weighted by atomic mass is 16.5. The van der Waals surface area contributed by atoms with E-state index in [0.717, 1.165) is 12.0 Å². The zero-order valence-corrected chi connectivity index (χ0v) is 13.1. The molecule has 116 valence electrons. The van der Waals surface area contributed by atoms with Crippen LogP contribution in [0.1, 0.15) is 62.4 Å². The SMILES string of the molecule is CC(=O)O[C@H](CC(C)C)C[C@H](C)c1ccc(C=O)cc1O. The Bertz CT molecular complexity index is 494. The largest absolute Gasteiger partial charge is 0.508 e. The fraction of sp³-hybridized carbons (Fsp3) is 0.529. The number of carbonyl (C=O) groups excluding carboxylic acids is 2. The lowest BCUT2D eigenvalue weighted by Gasteiger charge is -2.23. The van der Waals surface area contributed by atoms with Gasteiger partial charge in [-0.1, -0.05) is 32.9 Å². The Morgan fingerprint density at radius 2 is 1.95 bits per heavy atom. The molecule has 1 aromatic rings. The smallest absolute Gasteiger partial charge is 0.302 e. The molecule has 0 heterocycles. The number of rotatable bonds is 7. The number of carbonyl (C=O) groups is 2. The fourth-order valence-electron chi connectivity index (χ4n) is 2.52. The number of phenolic OH excluding ortho intramolecular Hbond substituents is 1. The van der Waals surface area contributed by atoms with Crippen LogP contribution in [0.15, 0.2) is 18.2 Å². The molecule has 0 saturated carbocycles. The molecule has 0 bridgehead atoms. The monoisotopic (exact) mass is 292 g/mol. The van der Waals surface area contributed by atoms with Crippen LogP contribution in [-0.2, 0) is 9.53 Å².